The molecule has 1 N–H and O–H groups in total. The fraction of sp³-hybridized carbons (Fsp3) is 0.440. The van der Waals surface area contributed by atoms with Crippen molar-refractivity contribution < 1.29 is 9.32 Å². The molecule has 4 rings (SSSR count). The molecule has 3 aromatic rings. The summed E-state index contributed by atoms with van der Waals surface area (Å²) in [7, 11) is 0. The Kier molecular flexibility index (Phi) is 7.07. The van der Waals surface area contributed by atoms with Crippen LogP contribution in [-0.4, -0.2) is 21.0 Å². The van der Waals surface area contributed by atoms with Crippen molar-refractivity contribution in [3.05, 3.63) is 60.2 Å². The highest BCUT2D eigenvalue weighted by molar-refractivity contribution is 5.93. The number of hydrogen-bond acceptors (Lipinski definition) is 5. The third kappa shape index (κ3) is 5.57. The first kappa shape index (κ1) is 21.2. The van der Waals surface area contributed by atoms with Gasteiger partial charge in [-0.1, -0.05) is 49.5 Å². The second-order valence-electron chi connectivity index (χ2n) is 8.43. The number of unbranched alkanes of at least 4 members (excludes halogenated alkanes) is 1. The lowest BCUT2D eigenvalue weighted by Crippen LogP contribution is -2.27. The van der Waals surface area contributed by atoms with Crippen LogP contribution in [0.5, 0.6) is 0 Å². The Labute approximate surface area is 183 Å². The minimum Gasteiger partial charge on any atom is -0.339 e. The van der Waals surface area contributed by atoms with E-state index in [4.69, 9.17) is 4.52 Å². The van der Waals surface area contributed by atoms with Gasteiger partial charge in [-0.15, -0.1) is 0 Å². The zero-order valence-corrected chi connectivity index (χ0v) is 18.1. The maximum atomic E-state index is 12.9. The van der Waals surface area contributed by atoms with Crippen LogP contribution in [0.2, 0.25) is 0 Å². The van der Waals surface area contributed by atoms with E-state index in [0.717, 1.165) is 35.6 Å². The van der Waals surface area contributed by atoms with Gasteiger partial charge in [0, 0.05) is 29.6 Å². The molecular formula is C25H30N4O2. The van der Waals surface area contributed by atoms with E-state index in [9.17, 15) is 4.79 Å². The van der Waals surface area contributed by atoms with E-state index in [-0.39, 0.29) is 11.8 Å². The molecule has 0 spiro atoms. The minimum absolute atomic E-state index is 0.104. The number of aromatic nitrogens is 3. The predicted molar refractivity (Wildman–Crippen MR) is 120 cm³/mol. The Morgan fingerprint density at radius 1 is 1.10 bits per heavy atom. The standard InChI is InChI=1S/C25H30N4O2/c1-2-3-6-18-9-11-20(12-10-18)25(30)27-22-8-5-4-7-21(22)17-23-28-24(29-31-23)19-13-15-26-16-14-19/h4-5,7-8,13-16,18,20H,2-3,6,9-12,17H2,1H3,(H,27,30). The fourth-order valence-electron chi connectivity index (χ4n) is 4.35. The number of anilines is 1. The summed E-state index contributed by atoms with van der Waals surface area (Å²) in [6.45, 7) is 2.24. The lowest BCUT2D eigenvalue weighted by atomic mass is 9.79. The molecule has 0 saturated heterocycles. The molecule has 2 aromatic heterocycles. The van der Waals surface area contributed by atoms with Gasteiger partial charge < -0.3 is 9.84 Å². The van der Waals surface area contributed by atoms with Gasteiger partial charge in [0.2, 0.25) is 17.6 Å². The van der Waals surface area contributed by atoms with Gasteiger partial charge in [-0.25, -0.2) is 0 Å². The largest absolute Gasteiger partial charge is 0.339 e. The second kappa shape index (κ2) is 10.3. The monoisotopic (exact) mass is 418 g/mol. The molecule has 1 amide bonds. The molecule has 162 valence electrons. The van der Waals surface area contributed by atoms with Crippen LogP contribution in [0.3, 0.4) is 0 Å². The molecule has 6 nitrogen and oxygen atoms in total. The van der Waals surface area contributed by atoms with Crippen LogP contribution in [0.25, 0.3) is 11.4 Å². The highest BCUT2D eigenvalue weighted by Gasteiger charge is 2.26. The summed E-state index contributed by atoms with van der Waals surface area (Å²) in [5, 5.41) is 7.23. The first-order valence-electron chi connectivity index (χ1n) is 11.3. The zero-order valence-electron chi connectivity index (χ0n) is 18.1. The normalized spacial score (nSPS) is 18.6. The van der Waals surface area contributed by atoms with Crippen molar-refractivity contribution in [3.63, 3.8) is 0 Å². The van der Waals surface area contributed by atoms with E-state index in [2.05, 4.69) is 27.4 Å². The first-order valence-corrected chi connectivity index (χ1v) is 11.3. The molecule has 0 unspecified atom stereocenters. The van der Waals surface area contributed by atoms with Crippen molar-refractivity contribution in [1.82, 2.24) is 15.1 Å². The van der Waals surface area contributed by atoms with Crippen molar-refractivity contribution >= 4 is 11.6 Å². The summed E-state index contributed by atoms with van der Waals surface area (Å²) in [6, 6.07) is 11.5. The van der Waals surface area contributed by atoms with Crippen LogP contribution < -0.4 is 5.32 Å². The molecule has 6 heteroatoms. The summed E-state index contributed by atoms with van der Waals surface area (Å²) >= 11 is 0. The van der Waals surface area contributed by atoms with Crippen LogP contribution in [0.15, 0.2) is 53.3 Å². The molecular weight excluding hydrogens is 388 g/mol. The maximum Gasteiger partial charge on any atom is 0.231 e. The van der Waals surface area contributed by atoms with Gasteiger partial charge in [0.25, 0.3) is 0 Å². The number of para-hydroxylation sites is 1. The molecule has 1 aliphatic rings. The molecule has 1 saturated carbocycles. The van der Waals surface area contributed by atoms with Crippen molar-refractivity contribution in [2.75, 3.05) is 5.32 Å². The lowest BCUT2D eigenvalue weighted by molar-refractivity contribution is -0.121. The summed E-state index contributed by atoms with van der Waals surface area (Å²) in [5.74, 6) is 2.09. The van der Waals surface area contributed by atoms with Crippen molar-refractivity contribution in [3.8, 4) is 11.4 Å². The van der Waals surface area contributed by atoms with Gasteiger partial charge in [0.15, 0.2) is 0 Å². The Morgan fingerprint density at radius 3 is 2.65 bits per heavy atom. The number of carbonyl (C=O) groups excluding carboxylic acids is 1. The molecule has 1 aliphatic carbocycles. The SMILES string of the molecule is CCCCC1CCC(C(=O)Nc2ccccc2Cc2nc(-c3ccncc3)no2)CC1. The number of hydrogen-bond donors (Lipinski definition) is 1. The van der Waals surface area contributed by atoms with E-state index in [0.29, 0.717) is 18.1 Å². The Balaban J connectivity index is 1.38. The molecule has 0 aliphatic heterocycles. The summed E-state index contributed by atoms with van der Waals surface area (Å²) < 4.78 is 5.45. The maximum absolute atomic E-state index is 12.9. The molecule has 2 heterocycles. The summed E-state index contributed by atoms with van der Waals surface area (Å²) in [5.41, 5.74) is 2.66. The number of nitrogens with zero attached hydrogens (tertiary/aromatic N) is 3. The van der Waals surface area contributed by atoms with Crippen molar-refractivity contribution in [2.45, 2.75) is 58.3 Å². The number of nitrogens with one attached hydrogen (secondary N) is 1. The average Bonchev–Trinajstić information content (AvgIpc) is 3.28. The number of amides is 1. The van der Waals surface area contributed by atoms with Crippen molar-refractivity contribution in [2.24, 2.45) is 11.8 Å². The Hall–Kier alpha value is -3.02. The number of benzene rings is 1. The average molecular weight is 419 g/mol. The van der Waals surface area contributed by atoms with Gasteiger partial charge in [0.1, 0.15) is 0 Å². The van der Waals surface area contributed by atoms with E-state index in [1.807, 2.05) is 36.4 Å². The van der Waals surface area contributed by atoms with Crippen LogP contribution >= 0.6 is 0 Å². The minimum atomic E-state index is 0.104. The zero-order chi connectivity index (χ0) is 21.5. The molecule has 0 atom stereocenters. The molecule has 0 bridgehead atoms. The second-order valence-corrected chi connectivity index (χ2v) is 8.43. The Morgan fingerprint density at radius 2 is 1.87 bits per heavy atom. The molecule has 1 aromatic carbocycles. The molecule has 31 heavy (non-hydrogen) atoms. The number of pyridine rings is 1. The topological polar surface area (TPSA) is 80.9 Å². The number of rotatable bonds is 8. The van der Waals surface area contributed by atoms with Gasteiger partial charge in [-0.2, -0.15) is 4.98 Å². The molecule has 0 radical (unpaired) electrons. The van der Waals surface area contributed by atoms with Gasteiger partial charge in [-0.05, 0) is 55.4 Å². The Bertz CT molecular complexity index is 978. The summed E-state index contributed by atoms with van der Waals surface area (Å²) in [6.07, 6.45) is 12.0. The molecule has 1 fully saturated rings. The third-order valence-corrected chi connectivity index (χ3v) is 6.21. The fourth-order valence-corrected chi connectivity index (χ4v) is 4.35. The van der Waals surface area contributed by atoms with Gasteiger partial charge >= 0.3 is 0 Å². The lowest BCUT2D eigenvalue weighted by Gasteiger charge is -2.28. The van der Waals surface area contributed by atoms with E-state index in [1.165, 1.54) is 32.1 Å². The third-order valence-electron chi connectivity index (χ3n) is 6.21. The quantitative estimate of drug-likeness (QED) is 0.511. The van der Waals surface area contributed by atoms with E-state index in [1.54, 1.807) is 12.4 Å². The van der Waals surface area contributed by atoms with Gasteiger partial charge in [0.05, 0.1) is 6.42 Å². The van der Waals surface area contributed by atoms with Crippen molar-refractivity contribution in [1.29, 1.82) is 0 Å². The van der Waals surface area contributed by atoms with Crippen LogP contribution in [-0.2, 0) is 11.2 Å². The van der Waals surface area contributed by atoms with E-state index >= 15 is 0 Å². The highest BCUT2D eigenvalue weighted by atomic mass is 16.5. The highest BCUT2D eigenvalue weighted by Crippen LogP contribution is 2.33. The number of carbonyl (C=O) groups is 1. The van der Waals surface area contributed by atoms with E-state index < -0.39 is 0 Å². The van der Waals surface area contributed by atoms with Gasteiger partial charge in [-0.3, -0.25) is 9.78 Å². The summed E-state index contributed by atoms with van der Waals surface area (Å²) in [4.78, 5) is 21.4. The van der Waals surface area contributed by atoms with Crippen LogP contribution in [0.4, 0.5) is 5.69 Å². The first-order chi connectivity index (χ1) is 15.2. The van der Waals surface area contributed by atoms with Crippen LogP contribution in [0, 0.1) is 11.8 Å². The predicted octanol–water partition coefficient (Wildman–Crippen LogP) is 5.66. The smallest absolute Gasteiger partial charge is 0.231 e. The van der Waals surface area contributed by atoms with Crippen LogP contribution in [0.1, 0.15) is 63.3 Å².